The second-order valence-electron chi connectivity index (χ2n) is 3.57. The SMILES string of the molecule is Cc1sc2nc(CN)cn2c1-c1cccs1. The molecule has 16 heavy (non-hydrogen) atoms. The first-order valence-electron chi connectivity index (χ1n) is 5.01. The number of thiazole rings is 1. The van der Waals surface area contributed by atoms with Gasteiger partial charge in [0.1, 0.15) is 0 Å². The van der Waals surface area contributed by atoms with E-state index in [1.54, 1.807) is 22.7 Å². The number of nitrogens with zero attached hydrogens (tertiary/aromatic N) is 2. The van der Waals surface area contributed by atoms with E-state index in [1.165, 1.54) is 15.4 Å². The molecular weight excluding hydrogens is 238 g/mol. The third-order valence-corrected chi connectivity index (χ3v) is 4.35. The molecule has 0 bridgehead atoms. The highest BCUT2D eigenvalue weighted by Crippen LogP contribution is 2.33. The molecule has 2 N–H and O–H groups in total. The zero-order valence-electron chi connectivity index (χ0n) is 8.80. The van der Waals surface area contributed by atoms with Gasteiger partial charge < -0.3 is 5.73 Å². The van der Waals surface area contributed by atoms with Gasteiger partial charge in [-0.25, -0.2) is 4.98 Å². The number of aryl methyl sites for hydroxylation is 1. The molecule has 0 radical (unpaired) electrons. The molecule has 0 spiro atoms. The number of thiophene rings is 1. The van der Waals surface area contributed by atoms with Crippen molar-refractivity contribution in [3.8, 4) is 10.6 Å². The Labute approximate surface area is 101 Å². The van der Waals surface area contributed by atoms with Crippen molar-refractivity contribution in [2.75, 3.05) is 0 Å². The molecule has 3 aromatic heterocycles. The van der Waals surface area contributed by atoms with Gasteiger partial charge in [0.15, 0.2) is 4.96 Å². The summed E-state index contributed by atoms with van der Waals surface area (Å²) < 4.78 is 2.15. The number of fused-ring (bicyclic) bond motifs is 1. The van der Waals surface area contributed by atoms with Crippen LogP contribution in [0.4, 0.5) is 0 Å². The third kappa shape index (κ3) is 1.40. The molecule has 3 nitrogen and oxygen atoms in total. The summed E-state index contributed by atoms with van der Waals surface area (Å²) >= 11 is 3.47. The van der Waals surface area contributed by atoms with Crippen LogP contribution >= 0.6 is 22.7 Å². The minimum atomic E-state index is 0.497. The molecule has 0 aromatic carbocycles. The maximum atomic E-state index is 5.61. The van der Waals surface area contributed by atoms with E-state index >= 15 is 0 Å². The van der Waals surface area contributed by atoms with E-state index in [1.807, 2.05) is 6.20 Å². The first-order valence-corrected chi connectivity index (χ1v) is 6.70. The van der Waals surface area contributed by atoms with Crippen molar-refractivity contribution >= 4 is 27.6 Å². The van der Waals surface area contributed by atoms with Gasteiger partial charge in [-0.1, -0.05) is 6.07 Å². The lowest BCUT2D eigenvalue weighted by Crippen LogP contribution is -1.95. The standard InChI is InChI=1S/C11H11N3S2/c1-7-10(9-3-2-4-15-9)14-6-8(5-12)13-11(14)16-7/h2-4,6H,5,12H2,1H3. The minimum absolute atomic E-state index is 0.497. The lowest BCUT2D eigenvalue weighted by atomic mass is 10.3. The third-order valence-electron chi connectivity index (χ3n) is 2.51. The molecular formula is C11H11N3S2. The highest BCUT2D eigenvalue weighted by molar-refractivity contribution is 7.18. The van der Waals surface area contributed by atoms with E-state index in [0.29, 0.717) is 6.54 Å². The van der Waals surface area contributed by atoms with Gasteiger partial charge in [0.2, 0.25) is 0 Å². The first-order chi connectivity index (χ1) is 7.79. The summed E-state index contributed by atoms with van der Waals surface area (Å²) in [5, 5.41) is 2.10. The highest BCUT2D eigenvalue weighted by Gasteiger charge is 2.13. The molecule has 0 saturated carbocycles. The normalized spacial score (nSPS) is 11.4. The van der Waals surface area contributed by atoms with Crippen LogP contribution in [-0.4, -0.2) is 9.38 Å². The summed E-state index contributed by atoms with van der Waals surface area (Å²) in [7, 11) is 0. The Morgan fingerprint density at radius 3 is 3.06 bits per heavy atom. The molecule has 0 amide bonds. The second kappa shape index (κ2) is 3.69. The maximum Gasteiger partial charge on any atom is 0.194 e. The fourth-order valence-corrected chi connectivity index (χ4v) is 3.67. The van der Waals surface area contributed by atoms with Gasteiger partial charge in [-0.05, 0) is 18.4 Å². The van der Waals surface area contributed by atoms with E-state index in [-0.39, 0.29) is 0 Å². The van der Waals surface area contributed by atoms with Crippen molar-refractivity contribution in [1.82, 2.24) is 9.38 Å². The Balaban J connectivity index is 2.29. The van der Waals surface area contributed by atoms with Crippen LogP contribution in [0.15, 0.2) is 23.7 Å². The van der Waals surface area contributed by atoms with Crippen LogP contribution in [0.1, 0.15) is 10.6 Å². The van der Waals surface area contributed by atoms with Crippen molar-refractivity contribution in [3.05, 3.63) is 34.3 Å². The lowest BCUT2D eigenvalue weighted by Gasteiger charge is -1.96. The van der Waals surface area contributed by atoms with Gasteiger partial charge in [-0.15, -0.1) is 22.7 Å². The van der Waals surface area contributed by atoms with Crippen molar-refractivity contribution < 1.29 is 0 Å². The summed E-state index contributed by atoms with van der Waals surface area (Å²) in [5.74, 6) is 0. The maximum absolute atomic E-state index is 5.61. The fourth-order valence-electron chi connectivity index (χ4n) is 1.80. The van der Waals surface area contributed by atoms with Gasteiger partial charge >= 0.3 is 0 Å². The molecule has 3 rings (SSSR count). The molecule has 82 valence electrons. The molecule has 3 heterocycles. The minimum Gasteiger partial charge on any atom is -0.325 e. The molecule has 0 fully saturated rings. The van der Waals surface area contributed by atoms with Gasteiger partial charge in [0.05, 0.1) is 16.3 Å². The predicted molar refractivity (Wildman–Crippen MR) is 69.0 cm³/mol. The van der Waals surface area contributed by atoms with E-state index in [4.69, 9.17) is 5.73 Å². The topological polar surface area (TPSA) is 43.3 Å². The number of aromatic nitrogens is 2. The van der Waals surface area contributed by atoms with Crippen molar-refractivity contribution in [2.24, 2.45) is 5.73 Å². The van der Waals surface area contributed by atoms with Crippen LogP contribution in [0.5, 0.6) is 0 Å². The Morgan fingerprint density at radius 1 is 1.50 bits per heavy atom. The average molecular weight is 249 g/mol. The predicted octanol–water partition coefficient (Wildman–Crippen LogP) is 2.89. The fraction of sp³-hybridized carbons (Fsp3) is 0.182. The van der Waals surface area contributed by atoms with E-state index in [0.717, 1.165) is 10.7 Å². The molecule has 0 saturated heterocycles. The van der Waals surface area contributed by atoms with Crippen molar-refractivity contribution in [2.45, 2.75) is 13.5 Å². The zero-order chi connectivity index (χ0) is 11.1. The molecule has 5 heteroatoms. The quantitative estimate of drug-likeness (QED) is 0.759. The smallest absolute Gasteiger partial charge is 0.194 e. The number of hydrogen-bond donors (Lipinski definition) is 1. The average Bonchev–Trinajstić information content (AvgIpc) is 2.92. The lowest BCUT2D eigenvalue weighted by molar-refractivity contribution is 1.02. The van der Waals surface area contributed by atoms with Crippen molar-refractivity contribution in [3.63, 3.8) is 0 Å². The molecule has 0 atom stereocenters. The molecule has 0 aliphatic carbocycles. The summed E-state index contributed by atoms with van der Waals surface area (Å²) in [6, 6.07) is 4.21. The summed E-state index contributed by atoms with van der Waals surface area (Å²) in [6.45, 7) is 2.63. The van der Waals surface area contributed by atoms with Crippen LogP contribution in [0, 0.1) is 6.92 Å². The van der Waals surface area contributed by atoms with E-state index in [9.17, 15) is 0 Å². The monoisotopic (exact) mass is 249 g/mol. The van der Waals surface area contributed by atoms with Gasteiger partial charge in [0.25, 0.3) is 0 Å². The summed E-state index contributed by atoms with van der Waals surface area (Å²) in [5.41, 5.74) is 7.81. The Hall–Kier alpha value is -1.17. The Kier molecular flexibility index (Phi) is 2.31. The Morgan fingerprint density at radius 2 is 2.38 bits per heavy atom. The zero-order valence-corrected chi connectivity index (χ0v) is 10.4. The summed E-state index contributed by atoms with van der Waals surface area (Å²) in [4.78, 5) is 8.09. The van der Waals surface area contributed by atoms with Crippen LogP contribution < -0.4 is 5.73 Å². The van der Waals surface area contributed by atoms with Crippen LogP contribution in [-0.2, 0) is 6.54 Å². The van der Waals surface area contributed by atoms with Gasteiger partial charge in [-0.2, -0.15) is 0 Å². The number of rotatable bonds is 2. The van der Waals surface area contributed by atoms with Crippen LogP contribution in [0.2, 0.25) is 0 Å². The molecule has 0 unspecified atom stereocenters. The van der Waals surface area contributed by atoms with E-state index in [2.05, 4.69) is 33.8 Å². The summed E-state index contributed by atoms with van der Waals surface area (Å²) in [6.07, 6.45) is 2.04. The van der Waals surface area contributed by atoms with Crippen molar-refractivity contribution in [1.29, 1.82) is 0 Å². The molecule has 0 aliphatic heterocycles. The second-order valence-corrected chi connectivity index (χ2v) is 5.70. The largest absolute Gasteiger partial charge is 0.325 e. The number of imidazole rings is 1. The van der Waals surface area contributed by atoms with E-state index < -0.39 is 0 Å². The highest BCUT2D eigenvalue weighted by atomic mass is 32.1. The van der Waals surface area contributed by atoms with Crippen LogP contribution in [0.25, 0.3) is 15.5 Å². The molecule has 0 aliphatic rings. The molecule has 3 aromatic rings. The number of nitrogens with two attached hydrogens (primary N) is 1. The van der Waals surface area contributed by atoms with Gasteiger partial charge in [-0.3, -0.25) is 4.40 Å². The Bertz CT molecular complexity index is 619. The number of hydrogen-bond acceptors (Lipinski definition) is 4. The first kappa shape index (κ1) is 10.0. The van der Waals surface area contributed by atoms with Crippen LogP contribution in [0.3, 0.4) is 0 Å². The van der Waals surface area contributed by atoms with Gasteiger partial charge in [0, 0.05) is 17.6 Å².